The van der Waals surface area contributed by atoms with Gasteiger partial charge < -0.3 is 15.7 Å². The minimum Gasteiger partial charge on any atom is -0.395 e. The Labute approximate surface area is 138 Å². The molecule has 5 heteroatoms. The number of aliphatic imine (C=N–C) groups is 1. The maximum atomic E-state index is 8.86. The minimum atomic E-state index is 0. The standard InChI is InChI=1S/C15H23N3O.HI/c1-2-16-14(17-10-11-19)18-12-15(8-9-15)13-6-4-3-5-7-13;/h3-7,19H,2,8-12H2,1H3,(H2,16,17,18);1H. The molecule has 20 heavy (non-hydrogen) atoms. The first kappa shape index (κ1) is 17.2. The largest absolute Gasteiger partial charge is 0.395 e. The van der Waals surface area contributed by atoms with Crippen molar-refractivity contribution in [2.24, 2.45) is 4.99 Å². The Bertz CT molecular complexity index is 418. The zero-order valence-corrected chi connectivity index (χ0v) is 14.3. The summed E-state index contributed by atoms with van der Waals surface area (Å²) in [6.07, 6.45) is 2.42. The van der Waals surface area contributed by atoms with E-state index >= 15 is 0 Å². The summed E-state index contributed by atoms with van der Waals surface area (Å²) >= 11 is 0. The molecular weight excluding hydrogens is 365 g/mol. The fourth-order valence-corrected chi connectivity index (χ4v) is 2.23. The number of hydrogen-bond donors (Lipinski definition) is 3. The Morgan fingerprint density at radius 1 is 1.25 bits per heavy atom. The van der Waals surface area contributed by atoms with Crippen LogP contribution in [0.3, 0.4) is 0 Å². The lowest BCUT2D eigenvalue weighted by atomic mass is 9.96. The molecule has 1 aromatic carbocycles. The van der Waals surface area contributed by atoms with E-state index in [1.165, 1.54) is 18.4 Å². The summed E-state index contributed by atoms with van der Waals surface area (Å²) in [5, 5.41) is 15.2. The Balaban J connectivity index is 0.00000200. The number of hydrogen-bond acceptors (Lipinski definition) is 2. The van der Waals surface area contributed by atoms with Crippen LogP contribution in [0.2, 0.25) is 0 Å². The molecule has 1 saturated carbocycles. The molecule has 1 aliphatic rings. The number of nitrogens with zero attached hydrogens (tertiary/aromatic N) is 1. The first-order valence-electron chi connectivity index (χ1n) is 6.99. The molecule has 0 bridgehead atoms. The molecule has 0 aliphatic heterocycles. The molecule has 0 amide bonds. The zero-order chi connectivity index (χ0) is 13.6. The van der Waals surface area contributed by atoms with Crippen molar-refractivity contribution in [3.63, 3.8) is 0 Å². The first-order valence-corrected chi connectivity index (χ1v) is 6.99. The maximum absolute atomic E-state index is 8.86. The van der Waals surface area contributed by atoms with Crippen LogP contribution < -0.4 is 10.6 Å². The maximum Gasteiger partial charge on any atom is 0.191 e. The van der Waals surface area contributed by atoms with Crippen LogP contribution in [0.25, 0.3) is 0 Å². The minimum absolute atomic E-state index is 0. The van der Waals surface area contributed by atoms with Gasteiger partial charge in [0, 0.05) is 18.5 Å². The highest BCUT2D eigenvalue weighted by molar-refractivity contribution is 14.0. The molecule has 4 nitrogen and oxygen atoms in total. The Kier molecular flexibility index (Phi) is 7.29. The summed E-state index contributed by atoms with van der Waals surface area (Å²) in [5.74, 6) is 0.791. The van der Waals surface area contributed by atoms with Crippen LogP contribution in [-0.2, 0) is 5.41 Å². The lowest BCUT2D eigenvalue weighted by Gasteiger charge is -2.15. The van der Waals surface area contributed by atoms with Gasteiger partial charge in [-0.05, 0) is 25.3 Å². The van der Waals surface area contributed by atoms with Gasteiger partial charge in [0.1, 0.15) is 0 Å². The number of guanidine groups is 1. The van der Waals surface area contributed by atoms with Gasteiger partial charge in [0.25, 0.3) is 0 Å². The fraction of sp³-hybridized carbons (Fsp3) is 0.533. The van der Waals surface area contributed by atoms with Gasteiger partial charge in [0.2, 0.25) is 0 Å². The zero-order valence-electron chi connectivity index (χ0n) is 11.9. The number of benzene rings is 1. The molecule has 1 aliphatic carbocycles. The van der Waals surface area contributed by atoms with Crippen molar-refractivity contribution in [1.29, 1.82) is 0 Å². The second-order valence-electron chi connectivity index (χ2n) is 4.99. The average molecular weight is 389 g/mol. The normalized spacial score (nSPS) is 16.2. The monoisotopic (exact) mass is 389 g/mol. The van der Waals surface area contributed by atoms with E-state index in [1.54, 1.807) is 0 Å². The van der Waals surface area contributed by atoms with E-state index in [9.17, 15) is 0 Å². The third-order valence-corrected chi connectivity index (χ3v) is 3.53. The quantitative estimate of drug-likeness (QED) is 0.396. The highest BCUT2D eigenvalue weighted by Gasteiger charge is 2.43. The van der Waals surface area contributed by atoms with E-state index in [0.29, 0.717) is 6.54 Å². The Hall–Kier alpha value is -0.820. The Morgan fingerprint density at radius 2 is 1.95 bits per heavy atom. The van der Waals surface area contributed by atoms with Crippen molar-refractivity contribution in [1.82, 2.24) is 10.6 Å². The topological polar surface area (TPSA) is 56.7 Å². The summed E-state index contributed by atoms with van der Waals surface area (Å²) in [7, 11) is 0. The SMILES string of the molecule is CCNC(=NCC1(c2ccccc2)CC1)NCCO.I. The lowest BCUT2D eigenvalue weighted by Crippen LogP contribution is -2.39. The average Bonchev–Trinajstić information content (AvgIpc) is 3.24. The van der Waals surface area contributed by atoms with Gasteiger partial charge in [-0.2, -0.15) is 0 Å². The molecule has 1 fully saturated rings. The van der Waals surface area contributed by atoms with E-state index in [0.717, 1.165) is 19.0 Å². The molecule has 0 unspecified atom stereocenters. The molecule has 0 atom stereocenters. The van der Waals surface area contributed by atoms with E-state index in [-0.39, 0.29) is 36.0 Å². The summed E-state index contributed by atoms with van der Waals surface area (Å²) in [6, 6.07) is 10.6. The molecule has 0 aromatic heterocycles. The van der Waals surface area contributed by atoms with Gasteiger partial charge in [-0.25, -0.2) is 0 Å². The number of rotatable bonds is 6. The van der Waals surface area contributed by atoms with Crippen LogP contribution in [0.15, 0.2) is 35.3 Å². The Morgan fingerprint density at radius 3 is 2.50 bits per heavy atom. The van der Waals surface area contributed by atoms with Gasteiger partial charge in [0.05, 0.1) is 13.2 Å². The molecule has 0 spiro atoms. The number of halogens is 1. The van der Waals surface area contributed by atoms with E-state index in [2.05, 4.69) is 46.0 Å². The van der Waals surface area contributed by atoms with Crippen molar-refractivity contribution in [2.75, 3.05) is 26.2 Å². The van der Waals surface area contributed by atoms with Crippen LogP contribution in [0.5, 0.6) is 0 Å². The van der Waals surface area contributed by atoms with Gasteiger partial charge in [-0.1, -0.05) is 30.3 Å². The van der Waals surface area contributed by atoms with Crippen LogP contribution in [0, 0.1) is 0 Å². The van der Waals surface area contributed by atoms with Crippen molar-refractivity contribution < 1.29 is 5.11 Å². The molecule has 0 radical (unpaired) electrons. The molecule has 3 N–H and O–H groups in total. The fourth-order valence-electron chi connectivity index (χ4n) is 2.23. The molecule has 112 valence electrons. The third-order valence-electron chi connectivity index (χ3n) is 3.53. The van der Waals surface area contributed by atoms with Crippen LogP contribution in [-0.4, -0.2) is 37.3 Å². The second-order valence-corrected chi connectivity index (χ2v) is 4.99. The second kappa shape index (κ2) is 8.46. The molecule has 1 aromatic rings. The van der Waals surface area contributed by atoms with Crippen molar-refractivity contribution in [2.45, 2.75) is 25.2 Å². The number of nitrogens with one attached hydrogen (secondary N) is 2. The van der Waals surface area contributed by atoms with Gasteiger partial charge in [-0.3, -0.25) is 4.99 Å². The predicted molar refractivity (Wildman–Crippen MR) is 93.8 cm³/mol. The predicted octanol–water partition coefficient (Wildman–Crippen LogP) is 1.88. The van der Waals surface area contributed by atoms with Crippen LogP contribution in [0.4, 0.5) is 0 Å². The lowest BCUT2D eigenvalue weighted by molar-refractivity contribution is 0.300. The van der Waals surface area contributed by atoms with Gasteiger partial charge in [0.15, 0.2) is 5.96 Å². The van der Waals surface area contributed by atoms with Crippen LogP contribution in [0.1, 0.15) is 25.3 Å². The summed E-state index contributed by atoms with van der Waals surface area (Å²) in [4.78, 5) is 4.64. The molecule has 0 heterocycles. The van der Waals surface area contributed by atoms with Crippen molar-refractivity contribution in [3.05, 3.63) is 35.9 Å². The van der Waals surface area contributed by atoms with Gasteiger partial charge in [-0.15, -0.1) is 24.0 Å². The molecule has 0 saturated heterocycles. The smallest absolute Gasteiger partial charge is 0.191 e. The van der Waals surface area contributed by atoms with E-state index in [4.69, 9.17) is 5.11 Å². The van der Waals surface area contributed by atoms with Gasteiger partial charge >= 0.3 is 0 Å². The van der Waals surface area contributed by atoms with Crippen molar-refractivity contribution in [3.8, 4) is 0 Å². The molecule has 2 rings (SSSR count). The third kappa shape index (κ3) is 4.63. The van der Waals surface area contributed by atoms with E-state index in [1.807, 2.05) is 6.92 Å². The highest BCUT2D eigenvalue weighted by atomic mass is 127. The van der Waals surface area contributed by atoms with Crippen molar-refractivity contribution >= 4 is 29.9 Å². The molecular formula is C15H24IN3O. The summed E-state index contributed by atoms with van der Waals surface area (Å²) in [6.45, 7) is 4.33. The number of aliphatic hydroxyl groups is 1. The summed E-state index contributed by atoms with van der Waals surface area (Å²) in [5.41, 5.74) is 1.62. The number of aliphatic hydroxyl groups excluding tert-OH is 1. The summed E-state index contributed by atoms with van der Waals surface area (Å²) < 4.78 is 0. The highest BCUT2D eigenvalue weighted by Crippen LogP contribution is 2.48. The van der Waals surface area contributed by atoms with Crippen LogP contribution >= 0.6 is 24.0 Å². The van der Waals surface area contributed by atoms with E-state index < -0.39 is 0 Å². The first-order chi connectivity index (χ1) is 9.30.